The van der Waals surface area contributed by atoms with Crippen LogP contribution < -0.4 is 4.74 Å². The van der Waals surface area contributed by atoms with E-state index in [-0.39, 0.29) is 12.3 Å². The lowest BCUT2D eigenvalue weighted by Crippen LogP contribution is -2.02. The van der Waals surface area contributed by atoms with Crippen molar-refractivity contribution < 1.29 is 13.5 Å². The summed E-state index contributed by atoms with van der Waals surface area (Å²) in [5, 5.41) is 7.65. The van der Waals surface area contributed by atoms with Crippen LogP contribution in [0.5, 0.6) is 5.75 Å². The second-order valence-electron chi connectivity index (χ2n) is 3.35. The molecule has 1 heterocycles. The minimum atomic E-state index is -0.740. The number of aromatic nitrogens is 3. The molecule has 0 amide bonds. The fourth-order valence-corrected chi connectivity index (χ4v) is 1.63. The number of ether oxygens (including phenoxy) is 1. The van der Waals surface area contributed by atoms with Crippen molar-refractivity contribution in [2.45, 2.75) is 11.7 Å². The zero-order chi connectivity index (χ0) is 12.4. The first-order valence-electron chi connectivity index (χ1n) is 4.70. The van der Waals surface area contributed by atoms with Crippen LogP contribution in [0, 0.1) is 11.6 Å². The number of halogens is 2. The van der Waals surface area contributed by atoms with Crippen molar-refractivity contribution in [1.82, 2.24) is 14.8 Å². The first-order valence-corrected chi connectivity index (χ1v) is 5.15. The Kier molecular flexibility index (Phi) is 3.28. The van der Waals surface area contributed by atoms with E-state index < -0.39 is 11.6 Å². The summed E-state index contributed by atoms with van der Waals surface area (Å²) < 4.78 is 33.0. The van der Waals surface area contributed by atoms with E-state index in [1.807, 2.05) is 0 Å². The van der Waals surface area contributed by atoms with Crippen molar-refractivity contribution in [2.75, 3.05) is 7.11 Å². The number of nitrogens with zero attached hydrogens (tertiary/aromatic N) is 3. The van der Waals surface area contributed by atoms with E-state index in [0.717, 1.165) is 0 Å². The van der Waals surface area contributed by atoms with Gasteiger partial charge in [0, 0.05) is 0 Å². The zero-order valence-corrected chi connectivity index (χ0v) is 9.79. The Morgan fingerprint density at radius 3 is 2.47 bits per heavy atom. The number of thiol groups is 1. The summed E-state index contributed by atoms with van der Waals surface area (Å²) in [6, 6.07) is 2.41. The third kappa shape index (κ3) is 2.38. The molecule has 1 aromatic heterocycles. The molecule has 0 radical (unpaired) electrons. The maximum atomic E-state index is 13.4. The Morgan fingerprint density at radius 2 is 2.00 bits per heavy atom. The highest BCUT2D eigenvalue weighted by atomic mass is 32.1. The molecular weight excluding hydrogens is 248 g/mol. The predicted octanol–water partition coefficient (Wildman–Crippen LogP) is 1.90. The monoisotopic (exact) mass is 257 g/mol. The Morgan fingerprint density at radius 1 is 1.35 bits per heavy atom. The van der Waals surface area contributed by atoms with Crippen molar-refractivity contribution in [1.29, 1.82) is 0 Å². The van der Waals surface area contributed by atoms with Crippen LogP contribution in [0.4, 0.5) is 8.78 Å². The van der Waals surface area contributed by atoms with Crippen LogP contribution in [-0.2, 0) is 6.54 Å². The fraction of sp³-hybridized carbons (Fsp3) is 0.200. The molecule has 0 aliphatic rings. The molecule has 2 rings (SSSR count). The second kappa shape index (κ2) is 4.70. The summed E-state index contributed by atoms with van der Waals surface area (Å²) in [5.74, 6) is -1.86. The summed E-state index contributed by atoms with van der Waals surface area (Å²) in [4.78, 5) is 0. The molecule has 0 aliphatic heterocycles. The van der Waals surface area contributed by atoms with Crippen LogP contribution in [0.1, 0.15) is 5.56 Å². The third-order valence-electron chi connectivity index (χ3n) is 2.21. The van der Waals surface area contributed by atoms with Crippen LogP contribution in [0.15, 0.2) is 23.6 Å². The Balaban J connectivity index is 2.32. The standard InChI is InChI=1S/C10H9F2N3OS/c1-16-9-7(11)2-6(3-8(9)12)4-15-5-13-14-10(15)17/h2-3,5H,4H2,1H3,(H,14,17). The van der Waals surface area contributed by atoms with Crippen LogP contribution in [0.25, 0.3) is 0 Å². The maximum absolute atomic E-state index is 13.4. The van der Waals surface area contributed by atoms with Gasteiger partial charge in [-0.2, -0.15) is 0 Å². The van der Waals surface area contributed by atoms with E-state index in [4.69, 9.17) is 0 Å². The Bertz CT molecular complexity index is 521. The van der Waals surface area contributed by atoms with Gasteiger partial charge in [-0.3, -0.25) is 0 Å². The van der Waals surface area contributed by atoms with Gasteiger partial charge in [0.05, 0.1) is 13.7 Å². The van der Waals surface area contributed by atoms with Gasteiger partial charge in [-0.05, 0) is 17.7 Å². The number of hydrogen-bond acceptors (Lipinski definition) is 4. The Hall–Kier alpha value is -1.63. The van der Waals surface area contributed by atoms with Gasteiger partial charge in [0.15, 0.2) is 22.5 Å². The molecule has 0 atom stereocenters. The van der Waals surface area contributed by atoms with E-state index in [1.165, 1.54) is 25.6 Å². The molecule has 0 unspecified atom stereocenters. The molecule has 90 valence electrons. The highest BCUT2D eigenvalue weighted by Gasteiger charge is 2.12. The van der Waals surface area contributed by atoms with Crippen molar-refractivity contribution in [2.24, 2.45) is 0 Å². The maximum Gasteiger partial charge on any atom is 0.190 e. The van der Waals surface area contributed by atoms with E-state index in [0.29, 0.717) is 10.7 Å². The minimum absolute atomic E-state index is 0.240. The first kappa shape index (κ1) is 11.8. The number of rotatable bonds is 3. The highest BCUT2D eigenvalue weighted by molar-refractivity contribution is 7.80. The normalized spacial score (nSPS) is 10.6. The third-order valence-corrected chi connectivity index (χ3v) is 2.56. The quantitative estimate of drug-likeness (QED) is 0.854. The smallest absolute Gasteiger partial charge is 0.190 e. The lowest BCUT2D eigenvalue weighted by molar-refractivity contribution is 0.359. The highest BCUT2D eigenvalue weighted by Crippen LogP contribution is 2.23. The lowest BCUT2D eigenvalue weighted by atomic mass is 10.2. The van der Waals surface area contributed by atoms with E-state index in [2.05, 4.69) is 27.6 Å². The summed E-state index contributed by atoms with van der Waals surface area (Å²) in [6.07, 6.45) is 1.43. The molecule has 0 saturated carbocycles. The number of benzene rings is 1. The molecule has 2 aromatic rings. The van der Waals surface area contributed by atoms with Crippen molar-refractivity contribution in [3.8, 4) is 5.75 Å². The average Bonchev–Trinajstić information content (AvgIpc) is 2.64. The molecule has 1 aromatic carbocycles. The second-order valence-corrected chi connectivity index (χ2v) is 3.75. The Labute approximate surface area is 102 Å². The zero-order valence-electron chi connectivity index (χ0n) is 8.89. The van der Waals surface area contributed by atoms with Crippen molar-refractivity contribution in [3.63, 3.8) is 0 Å². The summed E-state index contributed by atoms with van der Waals surface area (Å²) in [5.41, 5.74) is 0.441. The molecule has 4 nitrogen and oxygen atoms in total. The topological polar surface area (TPSA) is 39.9 Å². The fourth-order valence-electron chi connectivity index (χ4n) is 1.46. The predicted molar refractivity (Wildman–Crippen MR) is 59.3 cm³/mol. The van der Waals surface area contributed by atoms with Crippen molar-refractivity contribution >= 4 is 12.6 Å². The van der Waals surface area contributed by atoms with Gasteiger partial charge in [-0.15, -0.1) is 22.8 Å². The molecule has 0 N–H and O–H groups in total. The number of hydrogen-bond donors (Lipinski definition) is 1. The van der Waals surface area contributed by atoms with E-state index >= 15 is 0 Å². The van der Waals surface area contributed by atoms with Gasteiger partial charge in [0.2, 0.25) is 0 Å². The number of methoxy groups -OCH3 is 1. The van der Waals surface area contributed by atoms with Crippen molar-refractivity contribution in [3.05, 3.63) is 35.7 Å². The SMILES string of the molecule is COc1c(F)cc(Cn2cnnc2S)cc1F. The first-order chi connectivity index (χ1) is 8.11. The summed E-state index contributed by atoms with van der Waals surface area (Å²) in [7, 11) is 1.22. The molecule has 0 fully saturated rings. The molecule has 0 bridgehead atoms. The minimum Gasteiger partial charge on any atom is -0.491 e. The van der Waals surface area contributed by atoms with Gasteiger partial charge in [-0.1, -0.05) is 0 Å². The lowest BCUT2D eigenvalue weighted by Gasteiger charge is -2.07. The molecule has 17 heavy (non-hydrogen) atoms. The molecule has 7 heteroatoms. The van der Waals surface area contributed by atoms with Gasteiger partial charge in [-0.25, -0.2) is 8.78 Å². The largest absolute Gasteiger partial charge is 0.491 e. The van der Waals surface area contributed by atoms with Gasteiger partial charge >= 0.3 is 0 Å². The molecule has 0 spiro atoms. The summed E-state index contributed by atoms with van der Waals surface area (Å²) in [6.45, 7) is 0.240. The van der Waals surface area contributed by atoms with Gasteiger partial charge in [0.25, 0.3) is 0 Å². The average molecular weight is 257 g/mol. The van der Waals surface area contributed by atoms with Crippen LogP contribution >= 0.6 is 12.6 Å². The van der Waals surface area contributed by atoms with E-state index in [9.17, 15) is 8.78 Å². The van der Waals surface area contributed by atoms with E-state index in [1.54, 1.807) is 4.57 Å². The molecular formula is C10H9F2N3OS. The van der Waals surface area contributed by atoms with Crippen LogP contribution in [0.3, 0.4) is 0 Å². The molecule has 0 aliphatic carbocycles. The van der Waals surface area contributed by atoms with Gasteiger partial charge < -0.3 is 9.30 Å². The molecule has 0 saturated heterocycles. The van der Waals surface area contributed by atoms with Crippen LogP contribution in [-0.4, -0.2) is 21.9 Å². The summed E-state index contributed by atoms with van der Waals surface area (Å²) >= 11 is 4.05. The van der Waals surface area contributed by atoms with Gasteiger partial charge in [0.1, 0.15) is 6.33 Å². The van der Waals surface area contributed by atoms with Crippen LogP contribution in [0.2, 0.25) is 0 Å².